The van der Waals surface area contributed by atoms with Gasteiger partial charge < -0.3 is 10.1 Å². The number of nitrogens with one attached hydrogen (secondary N) is 1. The van der Waals surface area contributed by atoms with E-state index in [2.05, 4.69) is 10.3 Å². The number of halogens is 1. The zero-order chi connectivity index (χ0) is 23.2. The van der Waals surface area contributed by atoms with Gasteiger partial charge in [0.05, 0.1) is 30.3 Å². The van der Waals surface area contributed by atoms with Crippen LogP contribution in [0.3, 0.4) is 0 Å². The maximum Gasteiger partial charge on any atom is 0.262 e. The first-order valence-electron chi connectivity index (χ1n) is 10.3. The van der Waals surface area contributed by atoms with Gasteiger partial charge in [-0.1, -0.05) is 48.2 Å². The van der Waals surface area contributed by atoms with Crippen molar-refractivity contribution in [1.82, 2.24) is 14.9 Å². The molecule has 6 nitrogen and oxygen atoms in total. The summed E-state index contributed by atoms with van der Waals surface area (Å²) in [5.74, 6) is 0.337. The largest absolute Gasteiger partial charge is 0.497 e. The van der Waals surface area contributed by atoms with E-state index in [0.717, 1.165) is 16.9 Å². The molecule has 0 saturated carbocycles. The maximum absolute atomic E-state index is 13.3. The fourth-order valence-electron chi connectivity index (χ4n) is 3.29. The molecule has 0 unspecified atom stereocenters. The molecule has 0 spiro atoms. The lowest BCUT2D eigenvalue weighted by atomic mass is 10.2. The summed E-state index contributed by atoms with van der Waals surface area (Å²) >= 11 is 1.19. The summed E-state index contributed by atoms with van der Waals surface area (Å²) in [5, 5.41) is 3.80. The van der Waals surface area contributed by atoms with Crippen LogP contribution in [-0.2, 0) is 17.9 Å². The van der Waals surface area contributed by atoms with Crippen LogP contribution in [-0.4, -0.2) is 28.3 Å². The number of fused-ring (bicyclic) bond motifs is 1. The summed E-state index contributed by atoms with van der Waals surface area (Å²) in [6.45, 7) is 0.615. The summed E-state index contributed by atoms with van der Waals surface area (Å²) in [5.41, 5.74) is 2.08. The predicted molar refractivity (Wildman–Crippen MR) is 127 cm³/mol. The van der Waals surface area contributed by atoms with Gasteiger partial charge in [0.25, 0.3) is 5.56 Å². The van der Waals surface area contributed by atoms with Crippen molar-refractivity contribution in [1.29, 1.82) is 0 Å². The van der Waals surface area contributed by atoms with Gasteiger partial charge in [-0.2, -0.15) is 0 Å². The van der Waals surface area contributed by atoms with E-state index in [0.29, 0.717) is 22.6 Å². The molecular formula is C25H22FN3O3S. The minimum atomic E-state index is -0.342. The van der Waals surface area contributed by atoms with Crippen molar-refractivity contribution in [2.45, 2.75) is 18.2 Å². The first-order valence-corrected chi connectivity index (χ1v) is 11.3. The Morgan fingerprint density at radius 1 is 1.03 bits per heavy atom. The summed E-state index contributed by atoms with van der Waals surface area (Å²) in [6, 6.07) is 20.5. The van der Waals surface area contributed by atoms with Gasteiger partial charge in [0, 0.05) is 6.54 Å². The van der Waals surface area contributed by atoms with Crippen molar-refractivity contribution in [2.24, 2.45) is 0 Å². The predicted octanol–water partition coefficient (Wildman–Crippen LogP) is 4.00. The van der Waals surface area contributed by atoms with Crippen molar-refractivity contribution in [3.8, 4) is 5.75 Å². The van der Waals surface area contributed by atoms with Gasteiger partial charge in [-0.05, 0) is 47.5 Å². The van der Waals surface area contributed by atoms with E-state index in [1.54, 1.807) is 37.4 Å². The number of methoxy groups -OCH3 is 1. The molecule has 1 N–H and O–H groups in total. The zero-order valence-electron chi connectivity index (χ0n) is 18.0. The van der Waals surface area contributed by atoms with Gasteiger partial charge in [0.1, 0.15) is 11.6 Å². The highest BCUT2D eigenvalue weighted by Crippen LogP contribution is 2.19. The average molecular weight is 464 g/mol. The Hall–Kier alpha value is -3.65. The first-order chi connectivity index (χ1) is 16.0. The highest BCUT2D eigenvalue weighted by atomic mass is 32.2. The lowest BCUT2D eigenvalue weighted by Crippen LogP contribution is -2.27. The van der Waals surface area contributed by atoms with Crippen LogP contribution in [0.2, 0.25) is 0 Å². The molecule has 0 aliphatic carbocycles. The number of hydrogen-bond acceptors (Lipinski definition) is 5. The molecule has 4 rings (SSSR count). The molecule has 1 aromatic heterocycles. The molecule has 0 atom stereocenters. The summed E-state index contributed by atoms with van der Waals surface area (Å²) in [4.78, 5) is 30.2. The fraction of sp³-hybridized carbons (Fsp3) is 0.160. The number of carbonyl (C=O) groups is 1. The number of ether oxygens (including phenoxy) is 1. The average Bonchev–Trinajstić information content (AvgIpc) is 2.85. The number of thioether (sulfide) groups is 1. The number of hydrogen-bond donors (Lipinski definition) is 1. The number of para-hydroxylation sites is 1. The van der Waals surface area contributed by atoms with Crippen molar-refractivity contribution in [3.05, 3.63) is 100 Å². The van der Waals surface area contributed by atoms with Gasteiger partial charge in [0.15, 0.2) is 5.16 Å². The molecule has 33 heavy (non-hydrogen) atoms. The number of carbonyl (C=O) groups excluding carboxylic acids is 1. The molecule has 3 aromatic carbocycles. The minimum Gasteiger partial charge on any atom is -0.497 e. The molecule has 8 heteroatoms. The second-order valence-corrected chi connectivity index (χ2v) is 8.29. The highest BCUT2D eigenvalue weighted by Gasteiger charge is 2.14. The number of benzene rings is 3. The van der Waals surface area contributed by atoms with Crippen LogP contribution in [0.4, 0.5) is 4.39 Å². The van der Waals surface area contributed by atoms with Gasteiger partial charge >= 0.3 is 0 Å². The lowest BCUT2D eigenvalue weighted by molar-refractivity contribution is -0.118. The third-order valence-electron chi connectivity index (χ3n) is 5.06. The van der Waals surface area contributed by atoms with E-state index < -0.39 is 0 Å². The Balaban J connectivity index is 1.51. The van der Waals surface area contributed by atoms with Crippen molar-refractivity contribution in [2.75, 3.05) is 12.9 Å². The van der Waals surface area contributed by atoms with E-state index in [1.807, 2.05) is 30.3 Å². The SMILES string of the molecule is COc1ccc(CNC(=O)CSc2nc3ccccc3c(=O)n2Cc2ccc(F)cc2)cc1. The van der Waals surface area contributed by atoms with E-state index in [4.69, 9.17) is 4.74 Å². The second-order valence-electron chi connectivity index (χ2n) is 7.34. The number of aromatic nitrogens is 2. The highest BCUT2D eigenvalue weighted by molar-refractivity contribution is 7.99. The molecule has 0 aliphatic heterocycles. The van der Waals surface area contributed by atoms with Crippen LogP contribution in [0, 0.1) is 5.82 Å². The Kier molecular flexibility index (Phi) is 7.04. The first kappa shape index (κ1) is 22.5. The molecular weight excluding hydrogens is 441 g/mol. The molecule has 0 fully saturated rings. The molecule has 168 valence electrons. The minimum absolute atomic E-state index is 0.102. The van der Waals surface area contributed by atoms with Crippen LogP contribution < -0.4 is 15.6 Å². The summed E-state index contributed by atoms with van der Waals surface area (Å²) < 4.78 is 20.0. The molecule has 4 aromatic rings. The summed E-state index contributed by atoms with van der Waals surface area (Å²) in [7, 11) is 1.60. The summed E-state index contributed by atoms with van der Waals surface area (Å²) in [6.07, 6.45) is 0. The van der Waals surface area contributed by atoms with E-state index >= 15 is 0 Å². The monoisotopic (exact) mass is 463 g/mol. The molecule has 1 heterocycles. The van der Waals surface area contributed by atoms with Gasteiger partial charge in [-0.3, -0.25) is 14.2 Å². The molecule has 1 amide bonds. The van der Waals surface area contributed by atoms with Gasteiger partial charge in [-0.15, -0.1) is 0 Å². The van der Waals surface area contributed by atoms with Crippen LogP contribution >= 0.6 is 11.8 Å². The standard InChI is InChI=1S/C25H22FN3O3S/c1-32-20-12-8-17(9-13-20)14-27-23(30)16-33-25-28-22-5-3-2-4-21(22)24(31)29(25)15-18-6-10-19(26)11-7-18/h2-13H,14-16H2,1H3,(H,27,30). The van der Waals surface area contributed by atoms with E-state index in [1.165, 1.54) is 28.5 Å². The number of amides is 1. The van der Waals surface area contributed by atoms with E-state index in [9.17, 15) is 14.0 Å². The van der Waals surface area contributed by atoms with Crippen molar-refractivity contribution < 1.29 is 13.9 Å². The fourth-order valence-corrected chi connectivity index (χ4v) is 4.12. The number of rotatable bonds is 8. The molecule has 0 bridgehead atoms. The van der Waals surface area contributed by atoms with Crippen LogP contribution in [0.5, 0.6) is 5.75 Å². The Bertz CT molecular complexity index is 1320. The lowest BCUT2D eigenvalue weighted by Gasteiger charge is -2.13. The topological polar surface area (TPSA) is 73.2 Å². The number of nitrogens with zero attached hydrogens (tertiary/aromatic N) is 2. The van der Waals surface area contributed by atoms with Crippen LogP contribution in [0.15, 0.2) is 82.7 Å². The maximum atomic E-state index is 13.3. The van der Waals surface area contributed by atoms with Crippen molar-refractivity contribution >= 4 is 28.6 Å². The second kappa shape index (κ2) is 10.3. The Morgan fingerprint density at radius 2 is 1.73 bits per heavy atom. The molecule has 0 aliphatic rings. The zero-order valence-corrected chi connectivity index (χ0v) is 18.8. The normalized spacial score (nSPS) is 10.8. The van der Waals surface area contributed by atoms with Crippen molar-refractivity contribution in [3.63, 3.8) is 0 Å². The quantitative estimate of drug-likeness (QED) is 0.316. The van der Waals surface area contributed by atoms with E-state index in [-0.39, 0.29) is 29.6 Å². The molecule has 0 radical (unpaired) electrons. The third-order valence-corrected chi connectivity index (χ3v) is 6.04. The van der Waals surface area contributed by atoms with Gasteiger partial charge in [0.2, 0.25) is 5.91 Å². The van der Waals surface area contributed by atoms with Crippen LogP contribution in [0.1, 0.15) is 11.1 Å². The smallest absolute Gasteiger partial charge is 0.262 e. The Morgan fingerprint density at radius 3 is 2.45 bits per heavy atom. The Labute approximate surface area is 194 Å². The third kappa shape index (κ3) is 5.59. The molecule has 0 saturated heterocycles. The van der Waals surface area contributed by atoms with Gasteiger partial charge in [-0.25, -0.2) is 9.37 Å². The van der Waals surface area contributed by atoms with Crippen LogP contribution in [0.25, 0.3) is 10.9 Å².